The Balaban J connectivity index is 2.01. The summed E-state index contributed by atoms with van der Waals surface area (Å²) in [4.78, 5) is 2.28. The van der Waals surface area contributed by atoms with Crippen LogP contribution in [0.5, 0.6) is 0 Å². The van der Waals surface area contributed by atoms with Gasteiger partial charge in [0.15, 0.2) is 5.11 Å². The first-order valence-corrected chi connectivity index (χ1v) is 8.58. The fourth-order valence-corrected chi connectivity index (χ4v) is 2.80. The molecule has 0 aromatic heterocycles. The summed E-state index contributed by atoms with van der Waals surface area (Å²) in [6.45, 7) is 6.25. The van der Waals surface area contributed by atoms with Gasteiger partial charge in [0, 0.05) is 24.5 Å². The Labute approximate surface area is 152 Å². The predicted molar refractivity (Wildman–Crippen MR) is 106 cm³/mol. The van der Waals surface area contributed by atoms with Gasteiger partial charge in [0.05, 0.1) is 15.7 Å². The molecule has 0 radical (unpaired) electrons. The standard InChI is InChI=1S/C17H19Cl2N3S/c1-3-22(4-2)13-10-8-12(9-11-13)20-17(23)21-15-7-5-6-14(18)16(15)19/h5-11H,3-4H2,1-2H3,(H2,20,21,23). The van der Waals surface area contributed by atoms with Gasteiger partial charge in [-0.2, -0.15) is 0 Å². The minimum absolute atomic E-state index is 0.454. The Kier molecular flexibility index (Phi) is 6.51. The van der Waals surface area contributed by atoms with Gasteiger partial charge in [0.25, 0.3) is 0 Å². The smallest absolute Gasteiger partial charge is 0.175 e. The monoisotopic (exact) mass is 367 g/mol. The zero-order chi connectivity index (χ0) is 16.8. The lowest BCUT2D eigenvalue weighted by Crippen LogP contribution is -2.22. The van der Waals surface area contributed by atoms with Crippen LogP contribution in [0.2, 0.25) is 10.0 Å². The molecule has 6 heteroatoms. The molecule has 23 heavy (non-hydrogen) atoms. The Morgan fingerprint density at radius 3 is 2.26 bits per heavy atom. The molecule has 0 fully saturated rings. The molecular weight excluding hydrogens is 349 g/mol. The zero-order valence-corrected chi connectivity index (χ0v) is 15.4. The van der Waals surface area contributed by atoms with E-state index in [0.29, 0.717) is 20.8 Å². The van der Waals surface area contributed by atoms with Crippen LogP contribution in [0.25, 0.3) is 0 Å². The van der Waals surface area contributed by atoms with Crippen molar-refractivity contribution < 1.29 is 0 Å². The van der Waals surface area contributed by atoms with Crippen LogP contribution in [-0.4, -0.2) is 18.2 Å². The van der Waals surface area contributed by atoms with Crippen LogP contribution in [0.1, 0.15) is 13.8 Å². The molecule has 2 aromatic carbocycles. The molecule has 0 aliphatic carbocycles. The first-order chi connectivity index (χ1) is 11.0. The highest BCUT2D eigenvalue weighted by Crippen LogP contribution is 2.29. The Morgan fingerprint density at radius 2 is 1.65 bits per heavy atom. The second kappa shape index (κ2) is 8.39. The number of rotatable bonds is 5. The van der Waals surface area contributed by atoms with Crippen molar-refractivity contribution in [3.05, 3.63) is 52.5 Å². The van der Waals surface area contributed by atoms with Crippen LogP contribution in [0.3, 0.4) is 0 Å². The third-order valence-electron chi connectivity index (χ3n) is 3.45. The molecule has 0 bridgehead atoms. The summed E-state index contributed by atoms with van der Waals surface area (Å²) in [7, 11) is 0. The van der Waals surface area contributed by atoms with Crippen molar-refractivity contribution in [1.82, 2.24) is 0 Å². The molecule has 2 N–H and O–H groups in total. The SMILES string of the molecule is CCN(CC)c1ccc(NC(=S)Nc2cccc(Cl)c2Cl)cc1. The molecule has 0 atom stereocenters. The van der Waals surface area contributed by atoms with Gasteiger partial charge < -0.3 is 15.5 Å². The Bertz CT molecular complexity index is 670. The third-order valence-corrected chi connectivity index (χ3v) is 4.48. The summed E-state index contributed by atoms with van der Waals surface area (Å²) < 4.78 is 0. The van der Waals surface area contributed by atoms with Crippen LogP contribution < -0.4 is 15.5 Å². The molecule has 0 spiro atoms. The minimum atomic E-state index is 0.454. The summed E-state index contributed by atoms with van der Waals surface area (Å²) in [6.07, 6.45) is 0. The fraction of sp³-hybridized carbons (Fsp3) is 0.235. The summed E-state index contributed by atoms with van der Waals surface area (Å²) in [5, 5.41) is 7.60. The second-order valence-corrected chi connectivity index (χ2v) is 6.09. The molecule has 2 rings (SSSR count). The zero-order valence-electron chi connectivity index (χ0n) is 13.1. The Hall–Kier alpha value is -1.49. The quantitative estimate of drug-likeness (QED) is 0.667. The molecule has 2 aromatic rings. The predicted octanol–water partition coefficient (Wildman–Crippen LogP) is 5.65. The average Bonchev–Trinajstić information content (AvgIpc) is 2.54. The number of anilines is 3. The molecule has 0 unspecified atom stereocenters. The van der Waals surface area contributed by atoms with E-state index >= 15 is 0 Å². The molecule has 0 saturated heterocycles. The van der Waals surface area contributed by atoms with Crippen LogP contribution in [-0.2, 0) is 0 Å². The first kappa shape index (κ1) is 17.9. The maximum Gasteiger partial charge on any atom is 0.175 e. The number of nitrogens with zero attached hydrogens (tertiary/aromatic N) is 1. The van der Waals surface area contributed by atoms with E-state index in [1.165, 1.54) is 5.69 Å². The first-order valence-electron chi connectivity index (χ1n) is 7.42. The highest BCUT2D eigenvalue weighted by atomic mass is 35.5. The van der Waals surface area contributed by atoms with Crippen molar-refractivity contribution in [1.29, 1.82) is 0 Å². The molecule has 0 aliphatic heterocycles. The summed E-state index contributed by atoms with van der Waals surface area (Å²) >= 11 is 17.4. The van der Waals surface area contributed by atoms with Gasteiger partial charge in [-0.05, 0) is 62.5 Å². The highest BCUT2D eigenvalue weighted by molar-refractivity contribution is 7.80. The van der Waals surface area contributed by atoms with Gasteiger partial charge in [-0.1, -0.05) is 29.3 Å². The van der Waals surface area contributed by atoms with Gasteiger partial charge in [0.1, 0.15) is 0 Å². The van der Waals surface area contributed by atoms with E-state index in [4.69, 9.17) is 35.4 Å². The molecule has 0 saturated carbocycles. The van der Waals surface area contributed by atoms with Gasteiger partial charge in [-0.25, -0.2) is 0 Å². The van der Waals surface area contributed by atoms with Crippen LogP contribution in [0.4, 0.5) is 17.1 Å². The van der Waals surface area contributed by atoms with E-state index in [2.05, 4.69) is 41.5 Å². The number of nitrogens with one attached hydrogen (secondary N) is 2. The van der Waals surface area contributed by atoms with E-state index in [-0.39, 0.29) is 0 Å². The topological polar surface area (TPSA) is 27.3 Å². The number of halogens is 2. The van der Waals surface area contributed by atoms with Gasteiger partial charge >= 0.3 is 0 Å². The van der Waals surface area contributed by atoms with E-state index in [0.717, 1.165) is 18.8 Å². The van der Waals surface area contributed by atoms with E-state index < -0.39 is 0 Å². The van der Waals surface area contributed by atoms with Crippen molar-refractivity contribution in [2.24, 2.45) is 0 Å². The van der Waals surface area contributed by atoms with Gasteiger partial charge in [-0.3, -0.25) is 0 Å². The molecule has 0 amide bonds. The van der Waals surface area contributed by atoms with Crippen LogP contribution in [0, 0.1) is 0 Å². The lowest BCUT2D eigenvalue weighted by atomic mass is 10.2. The number of hydrogen-bond donors (Lipinski definition) is 2. The lowest BCUT2D eigenvalue weighted by molar-refractivity contribution is 0.866. The van der Waals surface area contributed by atoms with Crippen molar-refractivity contribution in [2.75, 3.05) is 28.6 Å². The Morgan fingerprint density at radius 1 is 1.00 bits per heavy atom. The van der Waals surface area contributed by atoms with E-state index in [1.807, 2.05) is 24.3 Å². The molecule has 0 aliphatic rings. The number of benzene rings is 2. The minimum Gasteiger partial charge on any atom is -0.372 e. The summed E-state index contributed by atoms with van der Waals surface area (Å²) in [6, 6.07) is 13.5. The average molecular weight is 368 g/mol. The van der Waals surface area contributed by atoms with Crippen molar-refractivity contribution >= 4 is 57.6 Å². The van der Waals surface area contributed by atoms with E-state index in [1.54, 1.807) is 6.07 Å². The third kappa shape index (κ3) is 4.74. The van der Waals surface area contributed by atoms with Gasteiger partial charge in [-0.15, -0.1) is 0 Å². The maximum absolute atomic E-state index is 6.14. The normalized spacial score (nSPS) is 10.3. The highest BCUT2D eigenvalue weighted by Gasteiger charge is 2.07. The van der Waals surface area contributed by atoms with Crippen molar-refractivity contribution in [3.63, 3.8) is 0 Å². The maximum atomic E-state index is 6.14. The number of thiocarbonyl (C=S) groups is 1. The van der Waals surface area contributed by atoms with Crippen molar-refractivity contribution in [2.45, 2.75) is 13.8 Å². The summed E-state index contributed by atoms with van der Waals surface area (Å²) in [5.41, 5.74) is 2.78. The van der Waals surface area contributed by atoms with E-state index in [9.17, 15) is 0 Å². The second-order valence-electron chi connectivity index (χ2n) is 4.90. The number of hydrogen-bond acceptors (Lipinski definition) is 2. The van der Waals surface area contributed by atoms with Crippen LogP contribution >= 0.6 is 35.4 Å². The molecule has 3 nitrogen and oxygen atoms in total. The summed E-state index contributed by atoms with van der Waals surface area (Å²) in [5.74, 6) is 0. The van der Waals surface area contributed by atoms with Gasteiger partial charge in [0.2, 0.25) is 0 Å². The fourth-order valence-electron chi connectivity index (χ4n) is 2.23. The lowest BCUT2D eigenvalue weighted by Gasteiger charge is -2.21. The van der Waals surface area contributed by atoms with Crippen LogP contribution in [0.15, 0.2) is 42.5 Å². The molecule has 0 heterocycles. The molecular formula is C17H19Cl2N3S. The van der Waals surface area contributed by atoms with Crippen molar-refractivity contribution in [3.8, 4) is 0 Å². The largest absolute Gasteiger partial charge is 0.372 e. The molecule has 122 valence electrons.